The van der Waals surface area contributed by atoms with E-state index < -0.39 is 17.9 Å². The van der Waals surface area contributed by atoms with Crippen LogP contribution in [-0.4, -0.2) is 36.7 Å². The van der Waals surface area contributed by atoms with Crippen molar-refractivity contribution in [3.8, 4) is 11.5 Å². The highest BCUT2D eigenvalue weighted by atomic mass is 16.5. The Hall–Kier alpha value is -2.50. The Morgan fingerprint density at radius 3 is 2.76 bits per heavy atom. The van der Waals surface area contributed by atoms with Gasteiger partial charge in [-0.25, -0.2) is 0 Å². The molecular formula is C15H19NO5. The first-order valence-electron chi connectivity index (χ1n) is 6.42. The highest BCUT2D eigenvalue weighted by Crippen LogP contribution is 2.25. The summed E-state index contributed by atoms with van der Waals surface area (Å²) in [6, 6.07) is 4.32. The van der Waals surface area contributed by atoms with E-state index >= 15 is 0 Å². The standard InChI is InChI=1S/C15H19NO5/c1-4-7-21-13-9-11(20-3)5-6-12(13)15(19)16-10(2)8-14(17)18/h4-6,9-10H,1,7-8H2,2-3H3,(H,16,19)(H,17,18). The van der Waals surface area contributed by atoms with E-state index in [4.69, 9.17) is 14.6 Å². The second-order valence-corrected chi connectivity index (χ2v) is 4.43. The van der Waals surface area contributed by atoms with Gasteiger partial charge in [0.1, 0.15) is 18.1 Å². The van der Waals surface area contributed by atoms with E-state index in [-0.39, 0.29) is 13.0 Å². The molecule has 1 unspecified atom stereocenters. The van der Waals surface area contributed by atoms with Gasteiger partial charge in [0, 0.05) is 12.1 Å². The number of hydrogen-bond donors (Lipinski definition) is 2. The summed E-state index contributed by atoms with van der Waals surface area (Å²) in [5.74, 6) is -0.454. The molecule has 114 valence electrons. The molecule has 0 spiro atoms. The lowest BCUT2D eigenvalue weighted by molar-refractivity contribution is -0.137. The highest BCUT2D eigenvalue weighted by molar-refractivity contribution is 5.97. The van der Waals surface area contributed by atoms with E-state index in [0.717, 1.165) is 0 Å². The number of ether oxygens (including phenoxy) is 2. The van der Waals surface area contributed by atoms with Crippen LogP contribution in [0.5, 0.6) is 11.5 Å². The molecule has 0 aliphatic rings. The van der Waals surface area contributed by atoms with Crippen molar-refractivity contribution in [2.75, 3.05) is 13.7 Å². The largest absolute Gasteiger partial charge is 0.497 e. The molecule has 1 rings (SSSR count). The smallest absolute Gasteiger partial charge is 0.305 e. The minimum absolute atomic E-state index is 0.148. The number of amides is 1. The predicted octanol–water partition coefficient (Wildman–Crippen LogP) is 1.85. The molecule has 1 aromatic carbocycles. The number of nitrogens with one attached hydrogen (secondary N) is 1. The van der Waals surface area contributed by atoms with E-state index in [1.165, 1.54) is 7.11 Å². The maximum Gasteiger partial charge on any atom is 0.305 e. The first-order chi connectivity index (χ1) is 9.97. The SMILES string of the molecule is C=CCOc1cc(OC)ccc1C(=O)NC(C)CC(=O)O. The zero-order chi connectivity index (χ0) is 15.8. The number of carbonyl (C=O) groups is 2. The zero-order valence-electron chi connectivity index (χ0n) is 12.1. The van der Waals surface area contributed by atoms with Crippen molar-refractivity contribution in [1.29, 1.82) is 0 Å². The summed E-state index contributed by atoms with van der Waals surface area (Å²) in [4.78, 5) is 22.8. The first-order valence-corrected chi connectivity index (χ1v) is 6.42. The second-order valence-electron chi connectivity index (χ2n) is 4.43. The van der Waals surface area contributed by atoms with Crippen molar-refractivity contribution in [3.05, 3.63) is 36.4 Å². The summed E-state index contributed by atoms with van der Waals surface area (Å²) < 4.78 is 10.5. The maximum atomic E-state index is 12.2. The molecule has 0 aliphatic carbocycles. The first kappa shape index (κ1) is 16.6. The molecule has 0 fully saturated rings. The van der Waals surface area contributed by atoms with Crippen LogP contribution in [0.3, 0.4) is 0 Å². The van der Waals surface area contributed by atoms with Gasteiger partial charge in [-0.1, -0.05) is 12.7 Å². The summed E-state index contributed by atoms with van der Waals surface area (Å²) in [6.07, 6.45) is 1.42. The topological polar surface area (TPSA) is 84.9 Å². The number of carbonyl (C=O) groups excluding carboxylic acids is 1. The summed E-state index contributed by atoms with van der Waals surface area (Å²) in [6.45, 7) is 5.42. The Bertz CT molecular complexity index is 527. The Morgan fingerprint density at radius 2 is 2.19 bits per heavy atom. The molecule has 1 aromatic rings. The molecule has 1 atom stereocenters. The lowest BCUT2D eigenvalue weighted by Crippen LogP contribution is -2.34. The molecule has 21 heavy (non-hydrogen) atoms. The highest BCUT2D eigenvalue weighted by Gasteiger charge is 2.17. The fraction of sp³-hybridized carbons (Fsp3) is 0.333. The third-order valence-electron chi connectivity index (χ3n) is 2.65. The van der Waals surface area contributed by atoms with E-state index in [1.54, 1.807) is 31.2 Å². The summed E-state index contributed by atoms with van der Waals surface area (Å²) in [5, 5.41) is 11.3. The fourth-order valence-corrected chi connectivity index (χ4v) is 1.70. The van der Waals surface area contributed by atoms with Crippen LogP contribution in [0.15, 0.2) is 30.9 Å². The normalized spacial score (nSPS) is 11.3. The van der Waals surface area contributed by atoms with Crippen LogP contribution in [0.25, 0.3) is 0 Å². The van der Waals surface area contributed by atoms with Gasteiger partial charge in [-0.2, -0.15) is 0 Å². The Labute approximate surface area is 123 Å². The average molecular weight is 293 g/mol. The molecule has 0 radical (unpaired) electrons. The van der Waals surface area contributed by atoms with Crippen LogP contribution in [0.4, 0.5) is 0 Å². The van der Waals surface area contributed by atoms with Gasteiger partial charge in [0.2, 0.25) is 0 Å². The molecule has 0 aliphatic heterocycles. The monoisotopic (exact) mass is 293 g/mol. The van der Waals surface area contributed by atoms with Crippen LogP contribution in [-0.2, 0) is 4.79 Å². The van der Waals surface area contributed by atoms with Gasteiger partial charge >= 0.3 is 5.97 Å². The molecule has 0 saturated carbocycles. The predicted molar refractivity (Wildman–Crippen MR) is 77.9 cm³/mol. The quantitative estimate of drug-likeness (QED) is 0.715. The molecule has 0 saturated heterocycles. The summed E-state index contributed by atoms with van der Waals surface area (Å²) >= 11 is 0. The number of aliphatic carboxylic acids is 1. The van der Waals surface area contributed by atoms with Crippen LogP contribution < -0.4 is 14.8 Å². The Balaban J connectivity index is 2.90. The van der Waals surface area contributed by atoms with Gasteiger partial charge in [-0.15, -0.1) is 0 Å². The van der Waals surface area contributed by atoms with Crippen molar-refractivity contribution < 1.29 is 24.2 Å². The number of carboxylic acids is 1. The van der Waals surface area contributed by atoms with Crippen molar-refractivity contribution in [3.63, 3.8) is 0 Å². The van der Waals surface area contributed by atoms with Gasteiger partial charge in [-0.05, 0) is 19.1 Å². The lowest BCUT2D eigenvalue weighted by atomic mass is 10.1. The second kappa shape index (κ2) is 7.94. The molecule has 6 nitrogen and oxygen atoms in total. The van der Waals surface area contributed by atoms with E-state index in [2.05, 4.69) is 11.9 Å². The minimum atomic E-state index is -0.972. The van der Waals surface area contributed by atoms with Crippen molar-refractivity contribution >= 4 is 11.9 Å². The number of carboxylic acid groups (broad SMARTS) is 1. The third-order valence-corrected chi connectivity index (χ3v) is 2.65. The van der Waals surface area contributed by atoms with E-state index in [9.17, 15) is 9.59 Å². The summed E-state index contributed by atoms with van der Waals surface area (Å²) in [7, 11) is 1.52. The van der Waals surface area contributed by atoms with Crippen molar-refractivity contribution in [2.24, 2.45) is 0 Å². The van der Waals surface area contributed by atoms with Gasteiger partial charge in [0.15, 0.2) is 0 Å². The molecule has 0 aromatic heterocycles. The molecule has 6 heteroatoms. The number of rotatable bonds is 8. The van der Waals surface area contributed by atoms with Crippen LogP contribution in [0, 0.1) is 0 Å². The van der Waals surface area contributed by atoms with Crippen LogP contribution in [0.1, 0.15) is 23.7 Å². The van der Waals surface area contributed by atoms with Gasteiger partial charge in [0.25, 0.3) is 5.91 Å². The molecule has 0 heterocycles. The average Bonchev–Trinajstić information content (AvgIpc) is 2.43. The fourth-order valence-electron chi connectivity index (χ4n) is 1.70. The number of methoxy groups -OCH3 is 1. The maximum absolute atomic E-state index is 12.2. The van der Waals surface area contributed by atoms with Crippen molar-refractivity contribution in [2.45, 2.75) is 19.4 Å². The summed E-state index contributed by atoms with van der Waals surface area (Å²) in [5.41, 5.74) is 0.315. The molecule has 1 amide bonds. The Morgan fingerprint density at radius 1 is 1.48 bits per heavy atom. The van der Waals surface area contributed by atoms with Gasteiger partial charge < -0.3 is 19.9 Å². The van der Waals surface area contributed by atoms with E-state index in [1.807, 2.05) is 0 Å². The van der Waals surface area contributed by atoms with Gasteiger partial charge in [-0.3, -0.25) is 9.59 Å². The van der Waals surface area contributed by atoms with Crippen LogP contribution in [0.2, 0.25) is 0 Å². The number of benzene rings is 1. The minimum Gasteiger partial charge on any atom is -0.497 e. The zero-order valence-corrected chi connectivity index (χ0v) is 12.1. The van der Waals surface area contributed by atoms with Gasteiger partial charge in [0.05, 0.1) is 19.1 Å². The Kier molecular flexibility index (Phi) is 6.26. The lowest BCUT2D eigenvalue weighted by Gasteiger charge is -2.15. The molecular weight excluding hydrogens is 274 g/mol. The van der Waals surface area contributed by atoms with Crippen molar-refractivity contribution in [1.82, 2.24) is 5.32 Å². The van der Waals surface area contributed by atoms with E-state index in [0.29, 0.717) is 17.1 Å². The molecule has 0 bridgehead atoms. The van der Waals surface area contributed by atoms with Crippen LogP contribution >= 0.6 is 0 Å². The third kappa shape index (κ3) is 5.18. The molecule has 2 N–H and O–H groups in total. The number of hydrogen-bond acceptors (Lipinski definition) is 4.